The maximum Gasteiger partial charge on any atom is 0.227 e. The fraction of sp³-hybridized carbons (Fsp3) is 0.364. The van der Waals surface area contributed by atoms with Crippen LogP contribution in [-0.2, 0) is 9.53 Å². The zero-order valence-electron chi connectivity index (χ0n) is 9.37. The summed E-state index contributed by atoms with van der Waals surface area (Å²) < 4.78 is 18.9. The van der Waals surface area contributed by atoms with Crippen LogP contribution >= 0.6 is 15.9 Å². The van der Waals surface area contributed by atoms with Crippen molar-refractivity contribution < 1.29 is 13.9 Å². The number of hydrogen-bond acceptors (Lipinski definition) is 3. The van der Waals surface area contributed by atoms with E-state index in [1.807, 2.05) is 0 Å². The number of halogens is 2. The molecule has 0 bridgehead atoms. The number of rotatable bonds is 5. The molecule has 1 aromatic rings. The van der Waals surface area contributed by atoms with E-state index in [-0.39, 0.29) is 30.7 Å². The second-order valence-electron chi connectivity index (χ2n) is 3.44. The van der Waals surface area contributed by atoms with Gasteiger partial charge in [-0.2, -0.15) is 0 Å². The van der Waals surface area contributed by atoms with Crippen LogP contribution in [0.1, 0.15) is 6.42 Å². The summed E-state index contributed by atoms with van der Waals surface area (Å²) in [5.41, 5.74) is 5.53. The predicted octanol–water partition coefficient (Wildman–Crippen LogP) is 1.89. The summed E-state index contributed by atoms with van der Waals surface area (Å²) in [6.07, 6.45) is -0.270. The van der Waals surface area contributed by atoms with E-state index in [2.05, 4.69) is 21.2 Å². The van der Waals surface area contributed by atoms with Crippen molar-refractivity contribution in [1.82, 2.24) is 0 Å². The summed E-state index contributed by atoms with van der Waals surface area (Å²) in [4.78, 5) is 11.6. The van der Waals surface area contributed by atoms with E-state index in [4.69, 9.17) is 10.5 Å². The third-order valence-electron chi connectivity index (χ3n) is 2.24. The molecule has 17 heavy (non-hydrogen) atoms. The Morgan fingerprint density at radius 2 is 2.35 bits per heavy atom. The van der Waals surface area contributed by atoms with E-state index < -0.39 is 5.82 Å². The van der Waals surface area contributed by atoms with Crippen LogP contribution in [0.15, 0.2) is 22.7 Å². The highest BCUT2D eigenvalue weighted by Gasteiger charge is 2.14. The number of amides is 1. The van der Waals surface area contributed by atoms with Crippen molar-refractivity contribution in [1.29, 1.82) is 0 Å². The van der Waals surface area contributed by atoms with Gasteiger partial charge in [0.05, 0.1) is 18.2 Å². The second-order valence-corrected chi connectivity index (χ2v) is 4.30. The quantitative estimate of drug-likeness (QED) is 0.873. The van der Waals surface area contributed by atoms with E-state index in [1.165, 1.54) is 13.2 Å². The number of carbonyl (C=O) groups is 1. The molecule has 0 aromatic heterocycles. The van der Waals surface area contributed by atoms with Crippen molar-refractivity contribution >= 4 is 27.5 Å². The largest absolute Gasteiger partial charge is 0.380 e. The van der Waals surface area contributed by atoms with Crippen molar-refractivity contribution in [2.45, 2.75) is 12.5 Å². The number of methoxy groups -OCH3 is 1. The smallest absolute Gasteiger partial charge is 0.227 e. The number of para-hydroxylation sites is 1. The third-order valence-corrected chi connectivity index (χ3v) is 2.90. The van der Waals surface area contributed by atoms with Crippen LogP contribution in [0.5, 0.6) is 0 Å². The molecule has 0 heterocycles. The lowest BCUT2D eigenvalue weighted by molar-refractivity contribution is -0.118. The van der Waals surface area contributed by atoms with E-state index in [1.54, 1.807) is 12.1 Å². The SMILES string of the molecule is COC(CN)CC(=O)Nc1c(F)cccc1Br. The first-order valence-corrected chi connectivity index (χ1v) is 5.84. The minimum atomic E-state index is -0.491. The molecule has 3 N–H and O–H groups in total. The average molecular weight is 305 g/mol. The van der Waals surface area contributed by atoms with Crippen LogP contribution < -0.4 is 11.1 Å². The fourth-order valence-electron chi connectivity index (χ4n) is 1.28. The van der Waals surface area contributed by atoms with Gasteiger partial charge in [-0.1, -0.05) is 6.07 Å². The van der Waals surface area contributed by atoms with E-state index in [0.717, 1.165) is 0 Å². The van der Waals surface area contributed by atoms with Gasteiger partial charge in [0.25, 0.3) is 0 Å². The molecule has 0 radical (unpaired) electrons. The van der Waals surface area contributed by atoms with Crippen LogP contribution in [0, 0.1) is 5.82 Å². The Kier molecular flexibility index (Phi) is 5.54. The molecule has 1 amide bonds. The normalized spacial score (nSPS) is 12.2. The number of ether oxygens (including phenoxy) is 1. The first kappa shape index (κ1) is 14.1. The third kappa shape index (κ3) is 4.07. The van der Waals surface area contributed by atoms with Crippen molar-refractivity contribution in [3.8, 4) is 0 Å². The number of nitrogens with one attached hydrogen (secondary N) is 1. The van der Waals surface area contributed by atoms with Crippen LogP contribution in [0.2, 0.25) is 0 Å². The highest BCUT2D eigenvalue weighted by atomic mass is 79.9. The van der Waals surface area contributed by atoms with Gasteiger partial charge in [0.2, 0.25) is 5.91 Å². The monoisotopic (exact) mass is 304 g/mol. The van der Waals surface area contributed by atoms with Crippen LogP contribution in [0.4, 0.5) is 10.1 Å². The van der Waals surface area contributed by atoms with E-state index >= 15 is 0 Å². The number of benzene rings is 1. The maximum absolute atomic E-state index is 13.4. The summed E-state index contributed by atoms with van der Waals surface area (Å²) in [6.45, 7) is 0.238. The molecule has 4 nitrogen and oxygen atoms in total. The standard InChI is InChI=1S/C11H14BrFN2O2/c1-17-7(6-14)5-10(16)15-11-8(12)3-2-4-9(11)13/h2-4,7H,5-6,14H2,1H3,(H,15,16). The minimum Gasteiger partial charge on any atom is -0.380 e. The Hall–Kier alpha value is -0.980. The topological polar surface area (TPSA) is 64.3 Å². The van der Waals surface area contributed by atoms with Crippen molar-refractivity contribution in [3.05, 3.63) is 28.5 Å². The molecular weight excluding hydrogens is 291 g/mol. The molecule has 6 heteroatoms. The van der Waals surface area contributed by atoms with Crippen molar-refractivity contribution in [3.63, 3.8) is 0 Å². The lowest BCUT2D eigenvalue weighted by atomic mass is 10.2. The summed E-state index contributed by atoms with van der Waals surface area (Å²) in [5, 5.41) is 2.48. The Labute approximate surface area is 107 Å². The molecule has 0 spiro atoms. The Balaban J connectivity index is 2.68. The molecule has 1 aromatic carbocycles. The first-order chi connectivity index (χ1) is 8.08. The van der Waals surface area contributed by atoms with Gasteiger partial charge in [-0.05, 0) is 28.1 Å². The molecular formula is C11H14BrFN2O2. The molecule has 1 rings (SSSR count). The predicted molar refractivity (Wildman–Crippen MR) is 67.2 cm³/mol. The molecule has 94 valence electrons. The van der Waals surface area contributed by atoms with E-state index in [0.29, 0.717) is 4.47 Å². The van der Waals surface area contributed by atoms with Gasteiger partial charge in [0, 0.05) is 18.1 Å². The lowest BCUT2D eigenvalue weighted by Crippen LogP contribution is -2.28. The van der Waals surface area contributed by atoms with Crippen molar-refractivity contribution in [2.24, 2.45) is 5.73 Å². The Morgan fingerprint density at radius 3 is 2.88 bits per heavy atom. The van der Waals surface area contributed by atoms with Crippen LogP contribution in [0.25, 0.3) is 0 Å². The highest BCUT2D eigenvalue weighted by Crippen LogP contribution is 2.25. The van der Waals surface area contributed by atoms with Gasteiger partial charge in [-0.3, -0.25) is 4.79 Å². The summed E-state index contributed by atoms with van der Waals surface area (Å²) >= 11 is 3.17. The summed E-state index contributed by atoms with van der Waals surface area (Å²) in [6, 6.07) is 4.47. The highest BCUT2D eigenvalue weighted by molar-refractivity contribution is 9.10. The maximum atomic E-state index is 13.4. The number of carbonyl (C=O) groups excluding carboxylic acids is 1. The molecule has 0 aliphatic heterocycles. The fourth-order valence-corrected chi connectivity index (χ4v) is 1.72. The molecule has 0 saturated heterocycles. The number of anilines is 1. The van der Waals surface area contributed by atoms with Gasteiger partial charge >= 0.3 is 0 Å². The lowest BCUT2D eigenvalue weighted by Gasteiger charge is -2.13. The molecule has 0 aliphatic carbocycles. The van der Waals surface area contributed by atoms with Crippen LogP contribution in [0.3, 0.4) is 0 Å². The Morgan fingerprint density at radius 1 is 1.65 bits per heavy atom. The van der Waals surface area contributed by atoms with Gasteiger partial charge in [-0.15, -0.1) is 0 Å². The molecule has 0 fully saturated rings. The zero-order valence-corrected chi connectivity index (χ0v) is 11.0. The van der Waals surface area contributed by atoms with Gasteiger partial charge in [-0.25, -0.2) is 4.39 Å². The average Bonchev–Trinajstić information content (AvgIpc) is 2.31. The second kappa shape index (κ2) is 6.68. The molecule has 1 unspecified atom stereocenters. The molecule has 1 atom stereocenters. The Bertz CT molecular complexity index is 377. The molecule has 0 aliphatic rings. The van der Waals surface area contributed by atoms with Gasteiger partial charge < -0.3 is 15.8 Å². The molecule has 0 saturated carbocycles. The van der Waals surface area contributed by atoms with E-state index in [9.17, 15) is 9.18 Å². The summed E-state index contributed by atoms with van der Waals surface area (Å²) in [7, 11) is 1.48. The summed E-state index contributed by atoms with van der Waals surface area (Å²) in [5.74, 6) is -0.831. The van der Waals surface area contributed by atoms with Crippen molar-refractivity contribution in [2.75, 3.05) is 19.0 Å². The van der Waals surface area contributed by atoms with Gasteiger partial charge in [0.15, 0.2) is 0 Å². The van der Waals surface area contributed by atoms with Crippen LogP contribution in [-0.4, -0.2) is 25.7 Å². The van der Waals surface area contributed by atoms with Gasteiger partial charge in [0.1, 0.15) is 5.82 Å². The zero-order chi connectivity index (χ0) is 12.8. The first-order valence-electron chi connectivity index (χ1n) is 5.05. The number of nitrogens with two attached hydrogens (primary N) is 1. The minimum absolute atomic E-state index is 0.0910. The number of hydrogen-bond donors (Lipinski definition) is 2.